The van der Waals surface area contributed by atoms with Crippen LogP contribution in [0.1, 0.15) is 30.0 Å². The number of benzene rings is 2. The number of carbonyl (C=O) groups excluding carboxylic acids is 1. The molecule has 2 N–H and O–H groups in total. The summed E-state index contributed by atoms with van der Waals surface area (Å²) < 4.78 is 2.03. The van der Waals surface area contributed by atoms with Crippen LogP contribution in [0, 0.1) is 0 Å². The fourth-order valence-corrected chi connectivity index (χ4v) is 2.86. The van der Waals surface area contributed by atoms with Gasteiger partial charge in [0.1, 0.15) is 5.82 Å². The lowest BCUT2D eigenvalue weighted by molar-refractivity contribution is 0.0617. The Bertz CT molecular complexity index is 864. The largest absolute Gasteiger partial charge is 0.389 e. The second-order valence-electron chi connectivity index (χ2n) is 6.79. The summed E-state index contributed by atoms with van der Waals surface area (Å²) in [7, 11) is 0. The highest BCUT2D eigenvalue weighted by atomic mass is 16.3. The normalized spacial score (nSPS) is 11.6. The molecule has 2 aromatic carbocycles. The van der Waals surface area contributed by atoms with Gasteiger partial charge in [0, 0.05) is 18.5 Å². The van der Waals surface area contributed by atoms with Gasteiger partial charge in [0.2, 0.25) is 0 Å². The molecule has 130 valence electrons. The average Bonchev–Trinajstić information content (AvgIpc) is 2.92. The monoisotopic (exact) mass is 337 g/mol. The Morgan fingerprint density at radius 3 is 2.52 bits per heavy atom. The van der Waals surface area contributed by atoms with Gasteiger partial charge < -0.3 is 15.0 Å². The predicted molar refractivity (Wildman–Crippen MR) is 98.5 cm³/mol. The van der Waals surface area contributed by atoms with E-state index in [1.807, 2.05) is 47.0 Å². The van der Waals surface area contributed by atoms with Crippen molar-refractivity contribution in [2.75, 3.05) is 6.54 Å². The van der Waals surface area contributed by atoms with Gasteiger partial charge in [-0.1, -0.05) is 30.3 Å². The molecule has 3 rings (SSSR count). The number of para-hydroxylation sites is 2. The van der Waals surface area contributed by atoms with Crippen LogP contribution in [0.25, 0.3) is 11.0 Å². The molecule has 0 aliphatic heterocycles. The number of fused-ring (bicyclic) bond motifs is 1. The van der Waals surface area contributed by atoms with Crippen LogP contribution in [-0.2, 0) is 13.0 Å². The molecule has 0 aliphatic carbocycles. The minimum atomic E-state index is -0.842. The van der Waals surface area contributed by atoms with E-state index in [2.05, 4.69) is 10.3 Å². The van der Waals surface area contributed by atoms with E-state index in [1.165, 1.54) is 0 Å². The number of carbonyl (C=O) groups is 1. The molecule has 0 radical (unpaired) electrons. The summed E-state index contributed by atoms with van der Waals surface area (Å²) >= 11 is 0. The summed E-state index contributed by atoms with van der Waals surface area (Å²) in [4.78, 5) is 16.8. The van der Waals surface area contributed by atoms with Gasteiger partial charge in [0.15, 0.2) is 0 Å². The Kier molecular flexibility index (Phi) is 4.86. The Morgan fingerprint density at radius 2 is 1.80 bits per heavy atom. The fourth-order valence-electron chi connectivity index (χ4n) is 2.86. The lowest BCUT2D eigenvalue weighted by Crippen LogP contribution is -2.29. The SMILES string of the molecule is CC(C)(O)Cn1c(CCNC(=O)c2ccccc2)nc2ccccc21. The van der Waals surface area contributed by atoms with Crippen molar-refractivity contribution in [3.8, 4) is 0 Å². The first kappa shape index (κ1) is 17.2. The van der Waals surface area contributed by atoms with Crippen molar-refractivity contribution in [3.05, 3.63) is 66.0 Å². The van der Waals surface area contributed by atoms with Crippen molar-refractivity contribution in [1.82, 2.24) is 14.9 Å². The van der Waals surface area contributed by atoms with Gasteiger partial charge in [-0.05, 0) is 38.1 Å². The molecule has 1 amide bonds. The lowest BCUT2D eigenvalue weighted by atomic mass is 10.1. The number of amides is 1. The topological polar surface area (TPSA) is 67.2 Å². The third-order valence-corrected chi connectivity index (χ3v) is 3.95. The Labute approximate surface area is 147 Å². The zero-order valence-electron chi connectivity index (χ0n) is 14.6. The van der Waals surface area contributed by atoms with Crippen LogP contribution in [0.2, 0.25) is 0 Å². The zero-order chi connectivity index (χ0) is 17.9. The first-order valence-corrected chi connectivity index (χ1v) is 8.44. The summed E-state index contributed by atoms with van der Waals surface area (Å²) in [6.07, 6.45) is 0.601. The van der Waals surface area contributed by atoms with E-state index in [0.717, 1.165) is 16.9 Å². The van der Waals surface area contributed by atoms with Crippen LogP contribution in [0.4, 0.5) is 0 Å². The van der Waals surface area contributed by atoms with Crippen molar-refractivity contribution in [3.63, 3.8) is 0 Å². The van der Waals surface area contributed by atoms with Gasteiger partial charge in [-0.25, -0.2) is 4.98 Å². The molecule has 5 nitrogen and oxygen atoms in total. The van der Waals surface area contributed by atoms with E-state index in [1.54, 1.807) is 26.0 Å². The molecule has 1 aromatic heterocycles. The first-order chi connectivity index (χ1) is 11.9. The predicted octanol–water partition coefficient (Wildman–Crippen LogP) is 2.78. The second kappa shape index (κ2) is 7.07. The molecule has 0 spiro atoms. The van der Waals surface area contributed by atoms with Gasteiger partial charge in [-0.2, -0.15) is 0 Å². The molecule has 0 atom stereocenters. The number of hydrogen-bond acceptors (Lipinski definition) is 3. The Morgan fingerprint density at radius 1 is 1.12 bits per heavy atom. The Balaban J connectivity index is 1.74. The van der Waals surface area contributed by atoms with Crippen LogP contribution >= 0.6 is 0 Å². The molecule has 0 saturated heterocycles. The summed E-state index contributed by atoms with van der Waals surface area (Å²) in [6.45, 7) is 4.50. The van der Waals surface area contributed by atoms with Crippen molar-refractivity contribution in [2.45, 2.75) is 32.4 Å². The molecular weight excluding hydrogens is 314 g/mol. The number of hydrogen-bond donors (Lipinski definition) is 2. The lowest BCUT2D eigenvalue weighted by Gasteiger charge is -2.20. The summed E-state index contributed by atoms with van der Waals surface area (Å²) in [5.74, 6) is 0.766. The van der Waals surface area contributed by atoms with E-state index in [4.69, 9.17) is 0 Å². The molecule has 5 heteroatoms. The number of rotatable bonds is 6. The average molecular weight is 337 g/mol. The number of imidazole rings is 1. The van der Waals surface area contributed by atoms with Gasteiger partial charge in [-0.15, -0.1) is 0 Å². The highest BCUT2D eigenvalue weighted by Crippen LogP contribution is 2.19. The van der Waals surface area contributed by atoms with Crippen molar-refractivity contribution in [1.29, 1.82) is 0 Å². The molecule has 0 aliphatic rings. The molecule has 0 fully saturated rings. The van der Waals surface area contributed by atoms with E-state index >= 15 is 0 Å². The van der Waals surface area contributed by atoms with Crippen molar-refractivity contribution < 1.29 is 9.90 Å². The molecular formula is C20H23N3O2. The van der Waals surface area contributed by atoms with E-state index in [9.17, 15) is 9.90 Å². The number of aliphatic hydroxyl groups is 1. The van der Waals surface area contributed by atoms with E-state index < -0.39 is 5.60 Å². The minimum absolute atomic E-state index is 0.0919. The van der Waals surface area contributed by atoms with Gasteiger partial charge in [0.05, 0.1) is 23.2 Å². The summed E-state index contributed by atoms with van der Waals surface area (Å²) in [6, 6.07) is 17.0. The molecule has 0 bridgehead atoms. The van der Waals surface area contributed by atoms with Crippen LogP contribution < -0.4 is 5.32 Å². The minimum Gasteiger partial charge on any atom is -0.389 e. The zero-order valence-corrected chi connectivity index (χ0v) is 14.6. The third-order valence-electron chi connectivity index (χ3n) is 3.95. The van der Waals surface area contributed by atoms with E-state index in [-0.39, 0.29) is 5.91 Å². The third kappa shape index (κ3) is 4.25. The standard InChI is InChI=1S/C20H23N3O2/c1-20(2,25)14-23-17-11-7-6-10-16(17)22-18(23)12-13-21-19(24)15-8-4-3-5-9-15/h3-11,25H,12-14H2,1-2H3,(H,21,24). The quantitative estimate of drug-likeness (QED) is 0.727. The van der Waals surface area contributed by atoms with Gasteiger partial charge in [0.25, 0.3) is 5.91 Å². The smallest absolute Gasteiger partial charge is 0.251 e. The number of aromatic nitrogens is 2. The number of nitrogens with one attached hydrogen (secondary N) is 1. The number of nitrogens with zero attached hydrogens (tertiary/aromatic N) is 2. The second-order valence-corrected chi connectivity index (χ2v) is 6.79. The highest BCUT2D eigenvalue weighted by Gasteiger charge is 2.19. The van der Waals surface area contributed by atoms with Gasteiger partial charge >= 0.3 is 0 Å². The maximum absolute atomic E-state index is 12.1. The van der Waals surface area contributed by atoms with Gasteiger partial charge in [-0.3, -0.25) is 4.79 Å². The maximum Gasteiger partial charge on any atom is 0.251 e. The Hall–Kier alpha value is -2.66. The van der Waals surface area contributed by atoms with E-state index in [0.29, 0.717) is 25.1 Å². The van der Waals surface area contributed by atoms with Crippen molar-refractivity contribution >= 4 is 16.9 Å². The molecule has 1 heterocycles. The van der Waals surface area contributed by atoms with Crippen molar-refractivity contribution in [2.24, 2.45) is 0 Å². The first-order valence-electron chi connectivity index (χ1n) is 8.44. The van der Waals surface area contributed by atoms with Crippen LogP contribution in [-0.4, -0.2) is 32.7 Å². The molecule has 3 aromatic rings. The summed E-state index contributed by atoms with van der Waals surface area (Å²) in [5.41, 5.74) is 1.70. The molecule has 0 saturated carbocycles. The van der Waals surface area contributed by atoms with Crippen LogP contribution in [0.3, 0.4) is 0 Å². The summed E-state index contributed by atoms with van der Waals surface area (Å²) in [5, 5.41) is 13.1. The molecule has 25 heavy (non-hydrogen) atoms. The fraction of sp³-hybridized carbons (Fsp3) is 0.300. The highest BCUT2D eigenvalue weighted by molar-refractivity contribution is 5.94. The van der Waals surface area contributed by atoms with Crippen LogP contribution in [0.15, 0.2) is 54.6 Å². The van der Waals surface area contributed by atoms with Crippen LogP contribution in [0.5, 0.6) is 0 Å². The molecule has 0 unspecified atom stereocenters. The maximum atomic E-state index is 12.1.